The second-order valence-corrected chi connectivity index (χ2v) is 5.74. The molecular weight excluding hydrogens is 334 g/mol. The summed E-state index contributed by atoms with van der Waals surface area (Å²) >= 11 is 0. The summed E-state index contributed by atoms with van der Waals surface area (Å²) in [6, 6.07) is 12.3. The lowest BCUT2D eigenvalue weighted by Gasteiger charge is -2.10. The number of fused-ring (bicyclic) bond motifs is 1. The minimum atomic E-state index is -0.629. The number of ether oxygens (including phenoxy) is 3. The average molecular weight is 353 g/mol. The number of hydrogen-bond donors (Lipinski definition) is 1. The van der Waals surface area contributed by atoms with Crippen molar-refractivity contribution >= 4 is 22.7 Å². The number of carbonyl (C=O) groups is 2. The van der Waals surface area contributed by atoms with Crippen LogP contribution >= 0.6 is 0 Å². The summed E-state index contributed by atoms with van der Waals surface area (Å²) < 4.78 is 15.5. The van der Waals surface area contributed by atoms with Gasteiger partial charge in [-0.05, 0) is 25.1 Å². The Labute approximate surface area is 150 Å². The van der Waals surface area contributed by atoms with E-state index in [9.17, 15) is 9.59 Å². The second kappa shape index (κ2) is 7.31. The zero-order valence-corrected chi connectivity index (χ0v) is 14.8. The molecule has 0 atom stereocenters. The normalized spacial score (nSPS) is 10.6. The van der Waals surface area contributed by atoms with Gasteiger partial charge in [0.25, 0.3) is 0 Å². The van der Waals surface area contributed by atoms with Crippen LogP contribution in [-0.4, -0.2) is 37.6 Å². The molecule has 26 heavy (non-hydrogen) atoms. The molecule has 0 amide bonds. The van der Waals surface area contributed by atoms with Crippen LogP contribution in [0.15, 0.2) is 42.5 Å². The van der Waals surface area contributed by atoms with Crippen molar-refractivity contribution < 1.29 is 23.8 Å². The number of ketones is 1. The van der Waals surface area contributed by atoms with E-state index in [2.05, 4.69) is 4.98 Å². The van der Waals surface area contributed by atoms with E-state index in [4.69, 9.17) is 14.2 Å². The molecule has 6 heteroatoms. The van der Waals surface area contributed by atoms with Crippen molar-refractivity contribution in [2.24, 2.45) is 0 Å². The van der Waals surface area contributed by atoms with Gasteiger partial charge in [-0.25, -0.2) is 4.79 Å². The number of H-pyrrole nitrogens is 1. The van der Waals surface area contributed by atoms with E-state index in [0.717, 1.165) is 16.6 Å². The smallest absolute Gasteiger partial charge is 0.342 e. The van der Waals surface area contributed by atoms with Crippen molar-refractivity contribution in [3.8, 4) is 11.5 Å². The van der Waals surface area contributed by atoms with Gasteiger partial charge in [0.05, 0.1) is 14.2 Å². The van der Waals surface area contributed by atoms with Gasteiger partial charge in [-0.2, -0.15) is 0 Å². The van der Waals surface area contributed by atoms with Crippen molar-refractivity contribution in [2.75, 3.05) is 20.8 Å². The van der Waals surface area contributed by atoms with E-state index >= 15 is 0 Å². The predicted octanol–water partition coefficient (Wildman–Crippen LogP) is 3.53. The van der Waals surface area contributed by atoms with Crippen molar-refractivity contribution in [3.63, 3.8) is 0 Å². The molecule has 0 unspecified atom stereocenters. The number of rotatable bonds is 6. The van der Waals surface area contributed by atoms with E-state index in [1.54, 1.807) is 18.2 Å². The molecule has 0 aliphatic rings. The molecule has 0 radical (unpaired) electrons. The third-order valence-electron chi connectivity index (χ3n) is 4.14. The highest BCUT2D eigenvalue weighted by atomic mass is 16.5. The molecular formula is C20H19NO5. The number of para-hydroxylation sites is 1. The first-order chi connectivity index (χ1) is 12.5. The first-order valence-corrected chi connectivity index (χ1v) is 8.04. The van der Waals surface area contributed by atoms with Gasteiger partial charge >= 0.3 is 5.97 Å². The standard InChI is InChI=1S/C20H19NO5/c1-12-19(14-6-4-5-7-16(14)21-12)17(22)11-26-20(23)15-9-8-13(24-2)10-18(15)25-3/h4-10,21H,11H2,1-3H3. The largest absolute Gasteiger partial charge is 0.497 e. The van der Waals surface area contributed by atoms with Crippen LogP contribution in [0.2, 0.25) is 0 Å². The fourth-order valence-corrected chi connectivity index (χ4v) is 2.88. The Hall–Kier alpha value is -3.28. The fourth-order valence-electron chi connectivity index (χ4n) is 2.88. The number of hydrogen-bond acceptors (Lipinski definition) is 5. The molecule has 0 saturated carbocycles. The Morgan fingerprint density at radius 1 is 1.04 bits per heavy atom. The van der Waals surface area contributed by atoms with Crippen LogP contribution in [0.1, 0.15) is 26.4 Å². The quantitative estimate of drug-likeness (QED) is 0.542. The first kappa shape index (κ1) is 17.5. The topological polar surface area (TPSA) is 77.6 Å². The number of aromatic nitrogens is 1. The van der Waals surface area contributed by atoms with Gasteiger partial charge in [0.1, 0.15) is 17.1 Å². The zero-order valence-electron chi connectivity index (χ0n) is 14.8. The number of methoxy groups -OCH3 is 2. The third-order valence-corrected chi connectivity index (χ3v) is 4.14. The minimum absolute atomic E-state index is 0.233. The minimum Gasteiger partial charge on any atom is -0.497 e. The highest BCUT2D eigenvalue weighted by Crippen LogP contribution is 2.26. The molecule has 3 rings (SSSR count). The summed E-state index contributed by atoms with van der Waals surface area (Å²) in [6.45, 7) is 1.47. The summed E-state index contributed by atoms with van der Waals surface area (Å²) in [7, 11) is 2.97. The number of aryl methyl sites for hydroxylation is 1. The van der Waals surface area contributed by atoms with E-state index in [1.807, 2.05) is 31.2 Å². The molecule has 0 aliphatic carbocycles. The molecule has 1 aromatic heterocycles. The maximum absolute atomic E-state index is 12.6. The van der Waals surface area contributed by atoms with Crippen molar-refractivity contribution in [3.05, 3.63) is 59.3 Å². The van der Waals surface area contributed by atoms with E-state index in [-0.39, 0.29) is 18.0 Å². The number of Topliss-reactive ketones (excluding diaryl/α,β-unsaturated/α-hetero) is 1. The van der Waals surface area contributed by atoms with Gasteiger partial charge in [-0.15, -0.1) is 0 Å². The number of benzene rings is 2. The Morgan fingerprint density at radius 3 is 2.54 bits per heavy atom. The lowest BCUT2D eigenvalue weighted by molar-refractivity contribution is 0.0471. The zero-order chi connectivity index (χ0) is 18.7. The van der Waals surface area contributed by atoms with E-state index in [0.29, 0.717) is 17.1 Å². The van der Waals surface area contributed by atoms with Crippen LogP contribution in [0.25, 0.3) is 10.9 Å². The van der Waals surface area contributed by atoms with Crippen molar-refractivity contribution in [1.82, 2.24) is 4.98 Å². The molecule has 6 nitrogen and oxygen atoms in total. The Kier molecular flexibility index (Phi) is 4.93. The van der Waals surface area contributed by atoms with Crippen LogP contribution in [-0.2, 0) is 4.74 Å². The van der Waals surface area contributed by atoms with Crippen LogP contribution in [0, 0.1) is 6.92 Å². The van der Waals surface area contributed by atoms with E-state index in [1.165, 1.54) is 14.2 Å². The summed E-state index contributed by atoms with van der Waals surface area (Å²) in [6.07, 6.45) is 0. The summed E-state index contributed by atoms with van der Waals surface area (Å²) in [5.41, 5.74) is 2.39. The number of esters is 1. The lowest BCUT2D eigenvalue weighted by Crippen LogP contribution is -2.15. The summed E-state index contributed by atoms with van der Waals surface area (Å²) in [4.78, 5) is 28.1. The highest BCUT2D eigenvalue weighted by Gasteiger charge is 2.20. The number of nitrogens with one attached hydrogen (secondary N) is 1. The highest BCUT2D eigenvalue weighted by molar-refractivity contribution is 6.10. The van der Waals surface area contributed by atoms with Gasteiger partial charge in [0, 0.05) is 28.2 Å². The third kappa shape index (κ3) is 3.26. The number of carbonyl (C=O) groups excluding carboxylic acids is 2. The summed E-state index contributed by atoms with van der Waals surface area (Å²) in [5.74, 6) is -0.00917. The molecule has 1 N–H and O–H groups in total. The molecule has 134 valence electrons. The van der Waals surface area contributed by atoms with Gasteiger partial charge in [-0.1, -0.05) is 18.2 Å². The second-order valence-electron chi connectivity index (χ2n) is 5.74. The van der Waals surface area contributed by atoms with Crippen molar-refractivity contribution in [2.45, 2.75) is 6.92 Å². The molecule has 0 fully saturated rings. The Bertz CT molecular complexity index is 973. The van der Waals surface area contributed by atoms with Crippen LogP contribution < -0.4 is 9.47 Å². The molecule has 3 aromatic rings. The van der Waals surface area contributed by atoms with Gasteiger partial charge in [0.15, 0.2) is 6.61 Å². The summed E-state index contributed by atoms with van der Waals surface area (Å²) in [5, 5.41) is 0.813. The van der Waals surface area contributed by atoms with Crippen LogP contribution in [0.3, 0.4) is 0 Å². The average Bonchev–Trinajstić information content (AvgIpc) is 3.00. The van der Waals surface area contributed by atoms with Gasteiger partial charge < -0.3 is 19.2 Å². The maximum Gasteiger partial charge on any atom is 0.342 e. The van der Waals surface area contributed by atoms with Crippen LogP contribution in [0.5, 0.6) is 11.5 Å². The molecule has 0 bridgehead atoms. The lowest BCUT2D eigenvalue weighted by atomic mass is 10.1. The monoisotopic (exact) mass is 353 g/mol. The molecule has 0 aliphatic heterocycles. The predicted molar refractivity (Wildman–Crippen MR) is 97.2 cm³/mol. The van der Waals surface area contributed by atoms with Crippen LogP contribution in [0.4, 0.5) is 0 Å². The fraction of sp³-hybridized carbons (Fsp3) is 0.200. The molecule has 0 spiro atoms. The molecule has 1 heterocycles. The SMILES string of the molecule is COc1ccc(C(=O)OCC(=O)c2c(C)[nH]c3ccccc23)c(OC)c1. The van der Waals surface area contributed by atoms with Gasteiger partial charge in [0.2, 0.25) is 5.78 Å². The van der Waals surface area contributed by atoms with Crippen molar-refractivity contribution in [1.29, 1.82) is 0 Å². The Balaban J connectivity index is 1.77. The Morgan fingerprint density at radius 2 is 1.81 bits per heavy atom. The van der Waals surface area contributed by atoms with E-state index < -0.39 is 5.97 Å². The molecule has 0 saturated heterocycles. The first-order valence-electron chi connectivity index (χ1n) is 8.04. The maximum atomic E-state index is 12.6. The molecule has 2 aromatic carbocycles. The number of aromatic amines is 1. The van der Waals surface area contributed by atoms with Gasteiger partial charge in [-0.3, -0.25) is 4.79 Å².